The molecule has 1 aliphatic heterocycles. The predicted molar refractivity (Wildman–Crippen MR) is 146 cm³/mol. The van der Waals surface area contributed by atoms with Gasteiger partial charge in [-0.1, -0.05) is 97.4 Å². The second-order valence-electron chi connectivity index (χ2n) is 10.3. The summed E-state index contributed by atoms with van der Waals surface area (Å²) in [6.45, 7) is 11.8. The molecule has 1 aliphatic rings. The first-order chi connectivity index (χ1) is 16.6. The summed E-state index contributed by atoms with van der Waals surface area (Å²) in [6.07, 6.45) is -0.00951. The van der Waals surface area contributed by atoms with Crippen LogP contribution in [0.5, 0.6) is 0 Å². The molecule has 35 heavy (non-hydrogen) atoms. The number of halogens is 2. The van der Waals surface area contributed by atoms with Gasteiger partial charge >= 0.3 is 0 Å². The van der Waals surface area contributed by atoms with E-state index in [-0.39, 0.29) is 32.8 Å². The number of benzene rings is 3. The van der Waals surface area contributed by atoms with E-state index in [9.17, 15) is 0 Å². The summed E-state index contributed by atoms with van der Waals surface area (Å²) in [4.78, 5) is 2.13. The van der Waals surface area contributed by atoms with E-state index in [4.69, 9.17) is 9.16 Å². The minimum absolute atomic E-state index is 0.00475. The average molecular weight is 555 g/mol. The second-order valence-corrected chi connectivity index (χ2v) is 13.1. The van der Waals surface area contributed by atoms with Crippen molar-refractivity contribution in [3.63, 3.8) is 0 Å². The standard InChI is InChI=1S/C29H33BrFNO2Si/c1-20-18-32(19-21(2)33-20)27-25(16-24(30)17-26(27)31)29(34-35-28(3,4)5,22-12-8-6-9-13-22)23-14-10-7-11-15-23/h6-17,20-21H,18-19H2,1-5H3. The van der Waals surface area contributed by atoms with Gasteiger partial charge in [0.25, 0.3) is 0 Å². The Balaban J connectivity index is 2.05. The van der Waals surface area contributed by atoms with E-state index < -0.39 is 5.60 Å². The molecule has 4 rings (SSSR count). The lowest BCUT2D eigenvalue weighted by Gasteiger charge is -2.43. The third kappa shape index (κ3) is 5.72. The van der Waals surface area contributed by atoms with Crippen molar-refractivity contribution < 1.29 is 13.6 Å². The topological polar surface area (TPSA) is 21.7 Å². The Morgan fingerprint density at radius 2 is 1.43 bits per heavy atom. The molecule has 0 bridgehead atoms. The van der Waals surface area contributed by atoms with Crippen LogP contribution in [0.2, 0.25) is 5.04 Å². The maximum atomic E-state index is 16.0. The third-order valence-electron chi connectivity index (χ3n) is 6.01. The number of anilines is 1. The first kappa shape index (κ1) is 26.1. The molecule has 1 saturated heterocycles. The van der Waals surface area contributed by atoms with Crippen LogP contribution >= 0.6 is 15.9 Å². The SMILES string of the molecule is CC1CN(c2c(F)cc(Br)cc2C(O[Si]C(C)(C)C)(c2ccccc2)c2ccccc2)CC(C)O1. The van der Waals surface area contributed by atoms with Crippen molar-refractivity contribution in [2.24, 2.45) is 0 Å². The smallest absolute Gasteiger partial charge is 0.237 e. The van der Waals surface area contributed by atoms with E-state index in [1.807, 2.05) is 56.3 Å². The molecular weight excluding hydrogens is 521 g/mol. The molecule has 1 fully saturated rings. The summed E-state index contributed by atoms with van der Waals surface area (Å²) >= 11 is 3.59. The highest BCUT2D eigenvalue weighted by Gasteiger charge is 2.43. The molecule has 3 aromatic rings. The molecule has 1 heterocycles. The van der Waals surface area contributed by atoms with Gasteiger partial charge in [-0.2, -0.15) is 0 Å². The fraction of sp³-hybridized carbons (Fsp3) is 0.379. The molecule has 0 saturated carbocycles. The zero-order valence-electron chi connectivity index (χ0n) is 21.0. The minimum Gasteiger partial charge on any atom is -0.400 e. The van der Waals surface area contributed by atoms with Gasteiger partial charge < -0.3 is 14.1 Å². The van der Waals surface area contributed by atoms with Gasteiger partial charge in [-0.05, 0) is 42.1 Å². The van der Waals surface area contributed by atoms with Gasteiger partial charge in [0.05, 0.1) is 17.9 Å². The highest BCUT2D eigenvalue weighted by Crippen LogP contribution is 2.47. The Morgan fingerprint density at radius 1 is 0.914 bits per heavy atom. The Hall–Kier alpha value is -1.99. The molecule has 2 atom stereocenters. The van der Waals surface area contributed by atoms with Crippen LogP contribution in [0.15, 0.2) is 77.3 Å². The van der Waals surface area contributed by atoms with Crippen LogP contribution in [0.1, 0.15) is 51.3 Å². The molecule has 0 amide bonds. The number of hydrogen-bond donors (Lipinski definition) is 0. The van der Waals surface area contributed by atoms with E-state index in [1.54, 1.807) is 6.07 Å². The van der Waals surface area contributed by atoms with Crippen molar-refractivity contribution in [3.8, 4) is 0 Å². The fourth-order valence-corrected chi connectivity index (χ4v) is 5.98. The monoisotopic (exact) mass is 553 g/mol. The number of ether oxygens (including phenoxy) is 1. The van der Waals surface area contributed by atoms with Crippen molar-refractivity contribution in [3.05, 3.63) is 99.8 Å². The Kier molecular flexibility index (Phi) is 7.86. The maximum absolute atomic E-state index is 16.0. The number of morpholine rings is 1. The van der Waals surface area contributed by atoms with Crippen molar-refractivity contribution in [2.75, 3.05) is 18.0 Å². The first-order valence-electron chi connectivity index (χ1n) is 12.1. The molecule has 0 aromatic heterocycles. The highest BCUT2D eigenvalue weighted by atomic mass is 79.9. The van der Waals surface area contributed by atoms with Crippen molar-refractivity contribution in [1.29, 1.82) is 0 Å². The molecule has 184 valence electrons. The number of hydrogen-bond acceptors (Lipinski definition) is 3. The number of nitrogens with zero attached hydrogens (tertiary/aromatic N) is 1. The zero-order chi connectivity index (χ0) is 25.2. The van der Waals surface area contributed by atoms with Gasteiger partial charge in [0.15, 0.2) is 0 Å². The largest absolute Gasteiger partial charge is 0.400 e. The molecular formula is C29H33BrFNO2Si. The summed E-state index contributed by atoms with van der Waals surface area (Å²) in [7, 11) is 0.178. The van der Waals surface area contributed by atoms with E-state index in [2.05, 4.69) is 65.9 Å². The molecule has 2 radical (unpaired) electrons. The molecule has 6 heteroatoms. The Morgan fingerprint density at radius 3 is 1.91 bits per heavy atom. The Bertz CT molecular complexity index is 1090. The zero-order valence-corrected chi connectivity index (χ0v) is 23.6. The van der Waals surface area contributed by atoms with Crippen LogP contribution in [0.25, 0.3) is 0 Å². The van der Waals surface area contributed by atoms with E-state index in [0.29, 0.717) is 23.2 Å². The third-order valence-corrected chi connectivity index (χ3v) is 7.49. The maximum Gasteiger partial charge on any atom is 0.237 e. The van der Waals surface area contributed by atoms with Crippen LogP contribution in [-0.2, 0) is 14.8 Å². The molecule has 0 aliphatic carbocycles. The molecule has 2 unspecified atom stereocenters. The van der Waals surface area contributed by atoms with Gasteiger partial charge in [-0.25, -0.2) is 4.39 Å². The lowest BCUT2D eigenvalue weighted by molar-refractivity contribution is -0.00562. The van der Waals surface area contributed by atoms with Crippen LogP contribution < -0.4 is 4.90 Å². The predicted octanol–water partition coefficient (Wildman–Crippen LogP) is 7.35. The normalized spacial score (nSPS) is 19.1. The van der Waals surface area contributed by atoms with Crippen LogP contribution in [0, 0.1) is 5.82 Å². The van der Waals surface area contributed by atoms with Gasteiger partial charge in [0.2, 0.25) is 9.76 Å². The quantitative estimate of drug-likeness (QED) is 0.235. The fourth-order valence-electron chi connectivity index (χ4n) is 4.74. The van der Waals surface area contributed by atoms with Crippen LogP contribution in [0.3, 0.4) is 0 Å². The molecule has 3 aromatic carbocycles. The van der Waals surface area contributed by atoms with E-state index >= 15 is 4.39 Å². The minimum atomic E-state index is -1.00. The van der Waals surface area contributed by atoms with E-state index in [0.717, 1.165) is 16.7 Å². The lowest BCUT2D eigenvalue weighted by Crippen LogP contribution is -2.47. The van der Waals surface area contributed by atoms with Crippen molar-refractivity contribution in [1.82, 2.24) is 0 Å². The van der Waals surface area contributed by atoms with Crippen molar-refractivity contribution >= 4 is 31.4 Å². The summed E-state index contributed by atoms with van der Waals surface area (Å²) in [6, 6.07) is 24.0. The van der Waals surface area contributed by atoms with E-state index in [1.165, 1.54) is 0 Å². The molecule has 3 nitrogen and oxygen atoms in total. The molecule has 0 spiro atoms. The first-order valence-corrected chi connectivity index (χ1v) is 13.8. The van der Waals surface area contributed by atoms with Crippen LogP contribution in [-0.4, -0.2) is 35.1 Å². The summed E-state index contributed by atoms with van der Waals surface area (Å²) in [5.41, 5.74) is 2.30. The van der Waals surface area contributed by atoms with Crippen molar-refractivity contribution in [2.45, 2.75) is 57.5 Å². The van der Waals surface area contributed by atoms with Gasteiger partial charge in [0, 0.05) is 23.1 Å². The highest BCUT2D eigenvalue weighted by molar-refractivity contribution is 9.10. The summed E-state index contributed by atoms with van der Waals surface area (Å²) in [5, 5.41) is -0.0679. The summed E-state index contributed by atoms with van der Waals surface area (Å²) in [5.74, 6) is -0.269. The summed E-state index contributed by atoms with van der Waals surface area (Å²) < 4.78 is 29.7. The average Bonchev–Trinajstić information content (AvgIpc) is 2.79. The number of rotatable bonds is 6. The van der Waals surface area contributed by atoms with Gasteiger partial charge in [-0.15, -0.1) is 0 Å². The van der Waals surface area contributed by atoms with Crippen LogP contribution in [0.4, 0.5) is 10.1 Å². The molecule has 0 N–H and O–H groups in total. The Labute approximate surface area is 219 Å². The second kappa shape index (κ2) is 10.6. The lowest BCUT2D eigenvalue weighted by atomic mass is 9.79. The van der Waals surface area contributed by atoms with Gasteiger partial charge in [0.1, 0.15) is 11.4 Å². The van der Waals surface area contributed by atoms with Gasteiger partial charge in [-0.3, -0.25) is 0 Å².